The molecule has 2 saturated heterocycles. The number of piperidine rings is 2. The summed E-state index contributed by atoms with van der Waals surface area (Å²) in [6.07, 6.45) is 8.27. The third-order valence-corrected chi connectivity index (χ3v) is 9.56. The van der Waals surface area contributed by atoms with E-state index < -0.39 is 5.41 Å². The summed E-state index contributed by atoms with van der Waals surface area (Å²) < 4.78 is 6.10. The normalized spacial score (nSPS) is 23.7. The summed E-state index contributed by atoms with van der Waals surface area (Å²) in [6, 6.07) is 15.1. The number of allylic oxidation sites excluding steroid dienone is 1. The lowest BCUT2D eigenvalue weighted by Gasteiger charge is -2.41. The van der Waals surface area contributed by atoms with Crippen molar-refractivity contribution in [1.82, 2.24) is 15.5 Å². The molecule has 0 bridgehead atoms. The molecule has 2 atom stereocenters. The van der Waals surface area contributed by atoms with Gasteiger partial charge in [-0.3, -0.25) is 19.3 Å². The highest BCUT2D eigenvalue weighted by Gasteiger charge is 2.41. The van der Waals surface area contributed by atoms with Gasteiger partial charge in [0.25, 0.3) is 5.91 Å². The Kier molecular flexibility index (Phi) is 10.8. The van der Waals surface area contributed by atoms with E-state index in [-0.39, 0.29) is 42.8 Å². The molecule has 5 rings (SSSR count). The minimum atomic E-state index is -0.593. The average Bonchev–Trinajstić information content (AvgIpc) is 3.03. The molecule has 3 N–H and O–H groups in total. The van der Waals surface area contributed by atoms with Crippen LogP contribution in [-0.2, 0) is 9.59 Å². The van der Waals surface area contributed by atoms with E-state index in [0.717, 1.165) is 18.8 Å². The highest BCUT2D eigenvalue weighted by Crippen LogP contribution is 2.36. The molecule has 9 heteroatoms. The summed E-state index contributed by atoms with van der Waals surface area (Å²) in [5, 5.41) is 9.29. The SMILES string of the molecule is CC1CCCN(c2ccc(NC(=O)CN3CCC4(C/C=C/CNC(=O)c5ccccc5OC[C@@H](C(C)C)NC4=O)CC3)cc2)C1. The van der Waals surface area contributed by atoms with Gasteiger partial charge in [-0.15, -0.1) is 0 Å². The number of likely N-dealkylation sites (tertiary alicyclic amines) is 1. The van der Waals surface area contributed by atoms with Gasteiger partial charge in [0.15, 0.2) is 0 Å². The van der Waals surface area contributed by atoms with Crippen LogP contribution in [-0.4, -0.2) is 74.5 Å². The fourth-order valence-electron chi connectivity index (χ4n) is 6.57. The molecular formula is C36H49N5O4. The summed E-state index contributed by atoms with van der Waals surface area (Å²) >= 11 is 0. The second-order valence-corrected chi connectivity index (χ2v) is 13.4. The van der Waals surface area contributed by atoms with Crippen LogP contribution in [0.5, 0.6) is 5.75 Å². The van der Waals surface area contributed by atoms with Gasteiger partial charge in [0.1, 0.15) is 12.4 Å². The van der Waals surface area contributed by atoms with Crippen molar-refractivity contribution in [3.8, 4) is 5.75 Å². The van der Waals surface area contributed by atoms with Crippen LogP contribution in [0.2, 0.25) is 0 Å². The Balaban J connectivity index is 1.19. The number of amides is 3. The number of benzene rings is 2. The monoisotopic (exact) mass is 615 g/mol. The van der Waals surface area contributed by atoms with E-state index in [4.69, 9.17) is 4.74 Å². The number of carbonyl (C=O) groups excluding carboxylic acids is 3. The zero-order valence-electron chi connectivity index (χ0n) is 27.0. The van der Waals surface area contributed by atoms with Gasteiger partial charge in [-0.1, -0.05) is 45.1 Å². The second-order valence-electron chi connectivity index (χ2n) is 13.4. The molecule has 2 aromatic carbocycles. The van der Waals surface area contributed by atoms with Crippen molar-refractivity contribution in [2.75, 3.05) is 56.1 Å². The zero-order valence-corrected chi connectivity index (χ0v) is 27.0. The molecule has 0 aromatic heterocycles. The average molecular weight is 616 g/mol. The topological polar surface area (TPSA) is 103 Å². The Hall–Kier alpha value is -3.85. The summed E-state index contributed by atoms with van der Waals surface area (Å²) in [7, 11) is 0. The van der Waals surface area contributed by atoms with Crippen LogP contribution < -0.4 is 25.6 Å². The smallest absolute Gasteiger partial charge is 0.255 e. The van der Waals surface area contributed by atoms with Crippen LogP contribution in [0.3, 0.4) is 0 Å². The first-order chi connectivity index (χ1) is 21.7. The van der Waals surface area contributed by atoms with Crippen LogP contribution in [0.1, 0.15) is 63.2 Å². The van der Waals surface area contributed by atoms with Crippen molar-refractivity contribution in [3.05, 3.63) is 66.2 Å². The maximum absolute atomic E-state index is 13.9. The molecule has 3 amide bonds. The van der Waals surface area contributed by atoms with Crippen molar-refractivity contribution < 1.29 is 19.1 Å². The highest BCUT2D eigenvalue weighted by molar-refractivity contribution is 5.97. The van der Waals surface area contributed by atoms with E-state index >= 15 is 0 Å². The fourth-order valence-corrected chi connectivity index (χ4v) is 6.57. The molecule has 0 radical (unpaired) electrons. The van der Waals surface area contributed by atoms with E-state index in [1.807, 2.05) is 36.4 Å². The number of fused-ring (bicyclic) bond motifs is 1. The molecule has 242 valence electrons. The maximum atomic E-state index is 13.9. The fraction of sp³-hybridized carbons (Fsp3) is 0.528. The van der Waals surface area contributed by atoms with Crippen molar-refractivity contribution >= 4 is 29.1 Å². The summed E-state index contributed by atoms with van der Waals surface area (Å²) in [5.41, 5.74) is 1.89. The predicted molar refractivity (Wildman–Crippen MR) is 179 cm³/mol. The first kappa shape index (κ1) is 32.5. The van der Waals surface area contributed by atoms with Gasteiger partial charge >= 0.3 is 0 Å². The summed E-state index contributed by atoms with van der Waals surface area (Å²) in [5.74, 6) is 1.13. The number of carbonyl (C=O) groups is 3. The lowest BCUT2D eigenvalue weighted by molar-refractivity contribution is -0.135. The lowest BCUT2D eigenvalue weighted by atomic mass is 9.74. The molecule has 45 heavy (non-hydrogen) atoms. The van der Waals surface area contributed by atoms with E-state index in [1.54, 1.807) is 12.1 Å². The molecule has 2 aromatic rings. The molecule has 9 nitrogen and oxygen atoms in total. The van der Waals surface area contributed by atoms with E-state index in [2.05, 4.69) is 58.7 Å². The molecule has 1 unspecified atom stereocenters. The Labute approximate surface area is 267 Å². The van der Waals surface area contributed by atoms with E-state index in [1.165, 1.54) is 18.5 Å². The molecule has 2 fully saturated rings. The first-order valence-electron chi connectivity index (χ1n) is 16.6. The van der Waals surface area contributed by atoms with Crippen LogP contribution in [0.15, 0.2) is 60.7 Å². The molecule has 3 aliphatic rings. The van der Waals surface area contributed by atoms with Crippen molar-refractivity contribution in [2.24, 2.45) is 17.3 Å². The van der Waals surface area contributed by atoms with E-state index in [9.17, 15) is 14.4 Å². The third kappa shape index (κ3) is 8.45. The summed E-state index contributed by atoms with van der Waals surface area (Å²) in [6.45, 7) is 10.8. The Morgan fingerprint density at radius 3 is 2.53 bits per heavy atom. The van der Waals surface area contributed by atoms with Gasteiger partial charge in [0, 0.05) is 31.0 Å². The van der Waals surface area contributed by atoms with Crippen LogP contribution in [0.25, 0.3) is 0 Å². The number of nitrogens with zero attached hydrogens (tertiary/aromatic N) is 2. The van der Waals surface area contributed by atoms with Gasteiger partial charge < -0.3 is 25.6 Å². The number of ether oxygens (including phenoxy) is 1. The van der Waals surface area contributed by atoms with Crippen LogP contribution in [0.4, 0.5) is 11.4 Å². The van der Waals surface area contributed by atoms with Gasteiger partial charge in [-0.2, -0.15) is 0 Å². The maximum Gasteiger partial charge on any atom is 0.255 e. The molecule has 0 saturated carbocycles. The quantitative estimate of drug-likeness (QED) is 0.416. The number of hydrogen-bond acceptors (Lipinski definition) is 6. The Morgan fingerprint density at radius 1 is 1.04 bits per heavy atom. The number of anilines is 2. The van der Waals surface area contributed by atoms with Crippen molar-refractivity contribution in [3.63, 3.8) is 0 Å². The van der Waals surface area contributed by atoms with Gasteiger partial charge in [0.05, 0.1) is 23.6 Å². The first-order valence-corrected chi connectivity index (χ1v) is 16.6. The zero-order chi connectivity index (χ0) is 31.8. The third-order valence-electron chi connectivity index (χ3n) is 9.56. The molecule has 0 aliphatic carbocycles. The molecule has 3 aliphatic heterocycles. The van der Waals surface area contributed by atoms with Gasteiger partial charge in [-0.05, 0) is 93.4 Å². The van der Waals surface area contributed by atoms with Crippen LogP contribution in [0, 0.1) is 17.3 Å². The van der Waals surface area contributed by atoms with Crippen LogP contribution >= 0.6 is 0 Å². The second kappa shape index (κ2) is 15.0. The van der Waals surface area contributed by atoms with Gasteiger partial charge in [0.2, 0.25) is 11.8 Å². The minimum Gasteiger partial charge on any atom is -0.491 e. The molecular weight excluding hydrogens is 566 g/mol. The standard InChI is InChI=1S/C36H49N5O4/c1-26(2)31-25-45-32-11-5-4-10-30(32)34(43)37-19-7-6-16-36(35(44)39-31)17-21-40(22-18-36)24-33(42)38-28-12-14-29(15-13-28)41-20-8-9-27(3)23-41/h4-7,10-15,26-27,31H,8-9,16-25H2,1-3H3,(H,37,43)(H,38,42)(H,39,44)/b7-6+/t27?,31-/m0/s1. The van der Waals surface area contributed by atoms with Gasteiger partial charge in [-0.25, -0.2) is 0 Å². The van der Waals surface area contributed by atoms with Crippen molar-refractivity contribution in [2.45, 2.75) is 58.9 Å². The van der Waals surface area contributed by atoms with E-state index in [0.29, 0.717) is 56.1 Å². The Bertz CT molecular complexity index is 1350. The molecule has 3 heterocycles. The predicted octanol–water partition coefficient (Wildman–Crippen LogP) is 4.85. The number of rotatable bonds is 5. The number of para-hydroxylation sites is 1. The molecule has 1 spiro atoms. The lowest BCUT2D eigenvalue weighted by Crippen LogP contribution is -2.54. The number of hydrogen-bond donors (Lipinski definition) is 3. The number of nitrogens with one attached hydrogen (secondary N) is 3. The largest absolute Gasteiger partial charge is 0.491 e. The van der Waals surface area contributed by atoms with Crippen molar-refractivity contribution in [1.29, 1.82) is 0 Å². The highest BCUT2D eigenvalue weighted by atomic mass is 16.5. The summed E-state index contributed by atoms with van der Waals surface area (Å²) in [4.78, 5) is 44.3. The minimum absolute atomic E-state index is 0.0242. The Morgan fingerprint density at radius 2 is 1.80 bits per heavy atom.